The van der Waals surface area contributed by atoms with Crippen LogP contribution >= 0.6 is 0 Å². The predicted molar refractivity (Wildman–Crippen MR) is 84.6 cm³/mol. The summed E-state index contributed by atoms with van der Waals surface area (Å²) in [5.41, 5.74) is 0.366. The quantitative estimate of drug-likeness (QED) is 0.365. The first kappa shape index (κ1) is 18.6. The van der Waals surface area contributed by atoms with Crippen LogP contribution in [0.1, 0.15) is 85.0 Å². The normalized spacial score (nSPS) is 11.7. The summed E-state index contributed by atoms with van der Waals surface area (Å²) in [6.07, 6.45) is 14.0. The molecule has 2 heteroatoms. The van der Waals surface area contributed by atoms with Gasteiger partial charge in [-0.2, -0.15) is 0 Å². The molecule has 0 aromatic rings. The lowest BCUT2D eigenvalue weighted by Crippen LogP contribution is -2.30. The maximum atomic E-state index is 10.2. The van der Waals surface area contributed by atoms with Gasteiger partial charge in [-0.1, -0.05) is 72.1 Å². The molecule has 0 heterocycles. The molecule has 0 aliphatic carbocycles. The molecule has 0 atom stereocenters. The monoisotopic (exact) mass is 269 g/mol. The van der Waals surface area contributed by atoms with Gasteiger partial charge in [0, 0.05) is 19.5 Å². The topological polar surface area (TPSA) is 29.1 Å². The van der Waals surface area contributed by atoms with Gasteiger partial charge >= 0.3 is 0 Å². The van der Waals surface area contributed by atoms with Crippen molar-refractivity contribution in [3.05, 3.63) is 0 Å². The van der Waals surface area contributed by atoms with Crippen molar-refractivity contribution in [2.45, 2.75) is 85.0 Å². The number of hydrogen-bond acceptors (Lipinski definition) is 2. The molecule has 2 nitrogen and oxygen atoms in total. The Morgan fingerprint density at radius 3 is 2.11 bits per heavy atom. The van der Waals surface area contributed by atoms with Crippen molar-refractivity contribution in [2.75, 3.05) is 13.1 Å². The van der Waals surface area contributed by atoms with E-state index in [-0.39, 0.29) is 0 Å². The number of rotatable bonds is 14. The Bertz CT molecular complexity index is 201. The summed E-state index contributed by atoms with van der Waals surface area (Å²) in [6, 6.07) is 0. The van der Waals surface area contributed by atoms with E-state index in [1.807, 2.05) is 0 Å². The highest BCUT2D eigenvalue weighted by Crippen LogP contribution is 2.23. The lowest BCUT2D eigenvalue weighted by Gasteiger charge is -2.25. The van der Waals surface area contributed by atoms with Crippen LogP contribution in [0, 0.1) is 5.41 Å². The van der Waals surface area contributed by atoms with Crippen LogP contribution in [-0.2, 0) is 4.79 Å². The molecule has 0 spiro atoms. The molecule has 0 unspecified atom stereocenters. The zero-order chi connectivity index (χ0) is 14.4. The fourth-order valence-corrected chi connectivity index (χ4v) is 2.41. The highest BCUT2D eigenvalue weighted by molar-refractivity contribution is 5.49. The van der Waals surface area contributed by atoms with Crippen molar-refractivity contribution >= 4 is 6.29 Å². The summed E-state index contributed by atoms with van der Waals surface area (Å²) in [5, 5.41) is 3.37. The van der Waals surface area contributed by atoms with Crippen LogP contribution in [0.15, 0.2) is 0 Å². The third-order valence-electron chi connectivity index (χ3n) is 3.75. The van der Waals surface area contributed by atoms with Gasteiger partial charge in [0.2, 0.25) is 0 Å². The Morgan fingerprint density at radius 1 is 0.947 bits per heavy atom. The van der Waals surface area contributed by atoms with E-state index in [1.54, 1.807) is 0 Å². The number of nitrogens with one attached hydrogen (secondary N) is 1. The maximum absolute atomic E-state index is 10.2. The Hall–Kier alpha value is -0.370. The second kappa shape index (κ2) is 12.7. The van der Waals surface area contributed by atoms with E-state index in [0.29, 0.717) is 11.8 Å². The predicted octanol–water partition coefficient (Wildman–Crippen LogP) is 4.72. The Kier molecular flexibility index (Phi) is 12.4. The van der Waals surface area contributed by atoms with Crippen LogP contribution in [-0.4, -0.2) is 19.4 Å². The average Bonchev–Trinajstić information content (AvgIpc) is 2.38. The minimum atomic E-state index is 0.366. The van der Waals surface area contributed by atoms with E-state index >= 15 is 0 Å². The Morgan fingerprint density at radius 2 is 1.53 bits per heavy atom. The summed E-state index contributed by atoms with van der Waals surface area (Å²) < 4.78 is 0. The van der Waals surface area contributed by atoms with Gasteiger partial charge in [0.25, 0.3) is 0 Å². The van der Waals surface area contributed by atoms with E-state index in [1.165, 1.54) is 57.8 Å². The van der Waals surface area contributed by atoms with E-state index < -0.39 is 0 Å². The molecule has 0 amide bonds. The van der Waals surface area contributed by atoms with Gasteiger partial charge < -0.3 is 10.1 Å². The average molecular weight is 269 g/mol. The fraction of sp³-hybridized carbons (Fsp3) is 0.941. The molecule has 0 saturated carbocycles. The van der Waals surface area contributed by atoms with Gasteiger partial charge in [0.15, 0.2) is 0 Å². The standard InChI is InChI=1S/C17H35NO/c1-4-5-6-7-8-9-10-11-13-17(2,3)16-18-14-12-15-19/h15,18H,4-14,16H2,1-3H3. The van der Waals surface area contributed by atoms with Crippen LogP contribution in [0.3, 0.4) is 0 Å². The van der Waals surface area contributed by atoms with Crippen LogP contribution in [0.5, 0.6) is 0 Å². The largest absolute Gasteiger partial charge is 0.316 e. The second-order valence-corrected chi connectivity index (χ2v) is 6.52. The number of unbranched alkanes of at least 4 members (excludes halogenated alkanes) is 7. The number of hydrogen-bond donors (Lipinski definition) is 1. The summed E-state index contributed by atoms with van der Waals surface area (Å²) in [4.78, 5) is 10.2. The van der Waals surface area contributed by atoms with Crippen LogP contribution < -0.4 is 5.32 Å². The van der Waals surface area contributed by atoms with E-state index in [9.17, 15) is 4.79 Å². The number of carbonyl (C=O) groups is 1. The first-order valence-electron chi connectivity index (χ1n) is 8.27. The zero-order valence-electron chi connectivity index (χ0n) is 13.5. The third-order valence-corrected chi connectivity index (χ3v) is 3.75. The van der Waals surface area contributed by atoms with Gasteiger partial charge in [0.05, 0.1) is 0 Å². The lowest BCUT2D eigenvalue weighted by molar-refractivity contribution is -0.107. The molecule has 0 radical (unpaired) electrons. The van der Waals surface area contributed by atoms with E-state index in [0.717, 1.165) is 19.4 Å². The van der Waals surface area contributed by atoms with Crippen molar-refractivity contribution < 1.29 is 4.79 Å². The van der Waals surface area contributed by atoms with Crippen molar-refractivity contribution in [2.24, 2.45) is 5.41 Å². The molecule has 0 bridgehead atoms. The second-order valence-electron chi connectivity index (χ2n) is 6.52. The summed E-state index contributed by atoms with van der Waals surface area (Å²) in [6.45, 7) is 8.76. The SMILES string of the molecule is CCCCCCCCCCC(C)(C)CNCCC=O. The first-order chi connectivity index (χ1) is 9.12. The van der Waals surface area contributed by atoms with Crippen LogP contribution in [0.4, 0.5) is 0 Å². The molecule has 114 valence electrons. The van der Waals surface area contributed by atoms with Crippen LogP contribution in [0.2, 0.25) is 0 Å². The summed E-state index contributed by atoms with van der Waals surface area (Å²) in [7, 11) is 0. The number of carbonyl (C=O) groups excluding carboxylic acids is 1. The number of aldehydes is 1. The van der Waals surface area contributed by atoms with Crippen molar-refractivity contribution in [3.63, 3.8) is 0 Å². The van der Waals surface area contributed by atoms with Crippen molar-refractivity contribution in [3.8, 4) is 0 Å². The first-order valence-corrected chi connectivity index (χ1v) is 8.27. The molecule has 0 aromatic carbocycles. The van der Waals surface area contributed by atoms with Gasteiger partial charge in [-0.15, -0.1) is 0 Å². The van der Waals surface area contributed by atoms with Gasteiger partial charge in [-0.05, 0) is 11.8 Å². The molecular formula is C17H35NO. The van der Waals surface area contributed by atoms with Gasteiger partial charge in [-0.25, -0.2) is 0 Å². The molecule has 0 aliphatic heterocycles. The smallest absolute Gasteiger partial charge is 0.121 e. The maximum Gasteiger partial charge on any atom is 0.121 e. The highest BCUT2D eigenvalue weighted by atomic mass is 16.1. The van der Waals surface area contributed by atoms with Crippen molar-refractivity contribution in [1.82, 2.24) is 5.32 Å². The van der Waals surface area contributed by atoms with Crippen molar-refractivity contribution in [1.29, 1.82) is 0 Å². The minimum Gasteiger partial charge on any atom is -0.316 e. The van der Waals surface area contributed by atoms with Crippen LogP contribution in [0.25, 0.3) is 0 Å². The Labute approximate surface area is 120 Å². The Balaban J connectivity index is 3.34. The molecule has 0 aromatic heterocycles. The zero-order valence-corrected chi connectivity index (χ0v) is 13.5. The summed E-state index contributed by atoms with van der Waals surface area (Å²) >= 11 is 0. The molecule has 0 fully saturated rings. The van der Waals surface area contributed by atoms with E-state index in [4.69, 9.17) is 0 Å². The lowest BCUT2D eigenvalue weighted by atomic mass is 9.86. The van der Waals surface area contributed by atoms with Gasteiger partial charge in [0.1, 0.15) is 6.29 Å². The van der Waals surface area contributed by atoms with Gasteiger partial charge in [-0.3, -0.25) is 0 Å². The third kappa shape index (κ3) is 13.9. The highest BCUT2D eigenvalue weighted by Gasteiger charge is 2.16. The minimum absolute atomic E-state index is 0.366. The molecule has 1 N–H and O–H groups in total. The fourth-order valence-electron chi connectivity index (χ4n) is 2.41. The molecule has 0 rings (SSSR count). The molecule has 0 aliphatic rings. The summed E-state index contributed by atoms with van der Waals surface area (Å²) in [5.74, 6) is 0. The molecular weight excluding hydrogens is 234 g/mol. The molecule has 19 heavy (non-hydrogen) atoms. The van der Waals surface area contributed by atoms with E-state index in [2.05, 4.69) is 26.1 Å². The molecule has 0 saturated heterocycles.